The number of nitrogens with zero attached hydrogens (tertiary/aromatic N) is 2. The first-order valence-electron chi connectivity index (χ1n) is 13.6. The Morgan fingerprint density at radius 1 is 0.951 bits per heavy atom. The molecule has 41 heavy (non-hydrogen) atoms. The highest BCUT2D eigenvalue weighted by atomic mass is 35.5. The first-order chi connectivity index (χ1) is 19.4. The Labute approximate surface area is 247 Å². The van der Waals surface area contributed by atoms with Crippen LogP contribution in [0.4, 0.5) is 10.1 Å². The molecule has 0 bridgehead atoms. The summed E-state index contributed by atoms with van der Waals surface area (Å²) in [6.45, 7) is 8.59. The Hall–Kier alpha value is -3.43. The molecule has 0 radical (unpaired) electrons. The van der Waals surface area contributed by atoms with Gasteiger partial charge in [-0.3, -0.25) is 13.9 Å². The quantitative estimate of drug-likeness (QED) is 0.275. The van der Waals surface area contributed by atoms with Gasteiger partial charge in [0.2, 0.25) is 11.8 Å². The van der Waals surface area contributed by atoms with Gasteiger partial charge in [-0.15, -0.1) is 0 Å². The lowest BCUT2D eigenvalue weighted by molar-refractivity contribution is -0.140. The zero-order chi connectivity index (χ0) is 30.3. The molecule has 7 nitrogen and oxygen atoms in total. The number of carbonyl (C=O) groups excluding carboxylic acids is 2. The number of rotatable bonds is 12. The molecule has 0 saturated heterocycles. The van der Waals surface area contributed by atoms with Crippen LogP contribution >= 0.6 is 11.6 Å². The molecule has 2 unspecified atom stereocenters. The highest BCUT2D eigenvalue weighted by Gasteiger charge is 2.34. The number of halogens is 2. The van der Waals surface area contributed by atoms with Gasteiger partial charge in [-0.2, -0.15) is 0 Å². The number of hydrogen-bond acceptors (Lipinski definition) is 4. The predicted octanol–water partition coefficient (Wildman–Crippen LogP) is 6.01. The third kappa shape index (κ3) is 8.07. The molecule has 0 fully saturated rings. The van der Waals surface area contributed by atoms with E-state index in [1.165, 1.54) is 29.2 Å². The smallest absolute Gasteiger partial charge is 0.264 e. The fraction of sp³-hybridized carbons (Fsp3) is 0.355. The molecule has 1 N–H and O–H groups in total. The summed E-state index contributed by atoms with van der Waals surface area (Å²) in [6.07, 6.45) is 0.992. The SMILES string of the molecule is CCC(C)NC(=O)C(CC)N(Cc1ccc(F)cc1)C(=O)CN(c1ccc(Cl)cc1C)S(=O)(=O)c1ccc(C)cc1. The van der Waals surface area contributed by atoms with Gasteiger partial charge in [0.15, 0.2) is 0 Å². The molecular formula is C31H37ClFN3O4S. The molecule has 0 aliphatic carbocycles. The van der Waals surface area contributed by atoms with Gasteiger partial charge in [-0.25, -0.2) is 12.8 Å². The van der Waals surface area contributed by atoms with Crippen LogP contribution < -0.4 is 9.62 Å². The molecule has 0 spiro atoms. The van der Waals surface area contributed by atoms with E-state index in [0.717, 1.165) is 9.87 Å². The number of benzene rings is 3. The zero-order valence-corrected chi connectivity index (χ0v) is 25.6. The fourth-order valence-electron chi connectivity index (χ4n) is 4.40. The molecule has 3 rings (SSSR count). The van der Waals surface area contributed by atoms with Crippen molar-refractivity contribution in [2.24, 2.45) is 0 Å². The average Bonchev–Trinajstić information content (AvgIpc) is 2.93. The lowest BCUT2D eigenvalue weighted by Crippen LogP contribution is -2.53. The van der Waals surface area contributed by atoms with Gasteiger partial charge in [-0.1, -0.05) is 55.3 Å². The average molecular weight is 602 g/mol. The maximum Gasteiger partial charge on any atom is 0.264 e. The standard InChI is InChI=1S/C31H37ClFN3O4S/c1-6-23(5)34-31(38)28(7-2)35(19-24-10-13-26(33)14-11-24)30(37)20-36(29-17-12-25(32)18-22(29)4)41(39,40)27-15-8-21(3)9-16-27/h8-18,23,28H,6-7,19-20H2,1-5H3,(H,34,38). The van der Waals surface area contributed by atoms with E-state index in [4.69, 9.17) is 11.6 Å². The van der Waals surface area contributed by atoms with Crippen LogP contribution in [0.25, 0.3) is 0 Å². The number of sulfonamides is 1. The van der Waals surface area contributed by atoms with Gasteiger partial charge in [0.25, 0.3) is 10.0 Å². The van der Waals surface area contributed by atoms with Crippen molar-refractivity contribution in [3.63, 3.8) is 0 Å². The number of aryl methyl sites for hydroxylation is 2. The topological polar surface area (TPSA) is 86.8 Å². The largest absolute Gasteiger partial charge is 0.352 e. The maximum absolute atomic E-state index is 14.1. The van der Waals surface area contributed by atoms with E-state index in [2.05, 4.69) is 5.32 Å². The van der Waals surface area contributed by atoms with E-state index < -0.39 is 34.3 Å². The van der Waals surface area contributed by atoms with Crippen molar-refractivity contribution in [2.75, 3.05) is 10.8 Å². The van der Waals surface area contributed by atoms with Crippen LogP contribution in [0.2, 0.25) is 5.02 Å². The molecule has 0 aliphatic heterocycles. The third-order valence-electron chi connectivity index (χ3n) is 6.97. The second-order valence-corrected chi connectivity index (χ2v) is 12.4. The first kappa shape index (κ1) is 32.1. The summed E-state index contributed by atoms with van der Waals surface area (Å²) in [5.74, 6) is -1.35. The van der Waals surface area contributed by atoms with Gasteiger partial charge in [0, 0.05) is 17.6 Å². The summed E-state index contributed by atoms with van der Waals surface area (Å²) in [4.78, 5) is 28.8. The molecule has 220 valence electrons. The normalized spacial score (nSPS) is 12.9. The lowest BCUT2D eigenvalue weighted by atomic mass is 10.1. The number of amides is 2. The van der Waals surface area contributed by atoms with E-state index >= 15 is 0 Å². The van der Waals surface area contributed by atoms with Gasteiger partial charge in [-0.05, 0) is 87.2 Å². The molecule has 0 aromatic heterocycles. The third-order valence-corrected chi connectivity index (χ3v) is 8.98. The van der Waals surface area contributed by atoms with E-state index in [-0.39, 0.29) is 23.4 Å². The summed E-state index contributed by atoms with van der Waals surface area (Å²) in [7, 11) is -4.20. The van der Waals surface area contributed by atoms with E-state index in [1.807, 2.05) is 20.8 Å². The highest BCUT2D eigenvalue weighted by Crippen LogP contribution is 2.29. The van der Waals surface area contributed by atoms with Gasteiger partial charge < -0.3 is 10.2 Å². The molecule has 0 saturated carbocycles. The molecule has 0 heterocycles. The number of anilines is 1. The highest BCUT2D eigenvalue weighted by molar-refractivity contribution is 7.92. The minimum Gasteiger partial charge on any atom is -0.352 e. The molecule has 2 amide bonds. The summed E-state index contributed by atoms with van der Waals surface area (Å²) in [5, 5.41) is 3.36. The molecule has 3 aromatic carbocycles. The Morgan fingerprint density at radius 2 is 1.59 bits per heavy atom. The Balaban J connectivity index is 2.09. The monoisotopic (exact) mass is 601 g/mol. The van der Waals surface area contributed by atoms with Crippen LogP contribution in [-0.4, -0.2) is 43.8 Å². The van der Waals surface area contributed by atoms with Crippen LogP contribution in [0, 0.1) is 19.7 Å². The van der Waals surface area contributed by atoms with E-state index in [9.17, 15) is 22.4 Å². The summed E-state index contributed by atoms with van der Waals surface area (Å²) in [5.41, 5.74) is 2.35. The molecule has 3 aromatic rings. The van der Waals surface area contributed by atoms with Crippen LogP contribution in [0.3, 0.4) is 0 Å². The minimum atomic E-state index is -4.20. The second-order valence-electron chi connectivity index (χ2n) is 10.1. The first-order valence-corrected chi connectivity index (χ1v) is 15.4. The number of hydrogen-bond donors (Lipinski definition) is 1. The van der Waals surface area contributed by atoms with Gasteiger partial charge in [0.05, 0.1) is 10.6 Å². The van der Waals surface area contributed by atoms with Crippen LogP contribution in [0.15, 0.2) is 71.6 Å². The summed E-state index contributed by atoms with van der Waals surface area (Å²) >= 11 is 6.16. The van der Waals surface area contributed by atoms with Crippen molar-refractivity contribution >= 4 is 39.1 Å². The van der Waals surface area contributed by atoms with Crippen molar-refractivity contribution in [3.05, 3.63) is 94.3 Å². The predicted molar refractivity (Wildman–Crippen MR) is 161 cm³/mol. The van der Waals surface area contributed by atoms with E-state index in [1.54, 1.807) is 56.3 Å². The molecule has 10 heteroatoms. The molecule has 2 atom stereocenters. The molecular weight excluding hydrogens is 565 g/mol. The van der Waals surface area contributed by atoms with Crippen molar-refractivity contribution in [2.45, 2.75) is 71.0 Å². The van der Waals surface area contributed by atoms with Gasteiger partial charge >= 0.3 is 0 Å². The zero-order valence-electron chi connectivity index (χ0n) is 24.0. The maximum atomic E-state index is 14.1. The fourth-order valence-corrected chi connectivity index (χ4v) is 6.10. The summed E-state index contributed by atoms with van der Waals surface area (Å²) < 4.78 is 42.7. The minimum absolute atomic E-state index is 0.0104. The van der Waals surface area contributed by atoms with Crippen molar-refractivity contribution < 1.29 is 22.4 Å². The van der Waals surface area contributed by atoms with Crippen molar-refractivity contribution in [1.29, 1.82) is 0 Å². The Kier molecular flexibility index (Phi) is 10.9. The van der Waals surface area contributed by atoms with Crippen molar-refractivity contribution in [3.8, 4) is 0 Å². The second kappa shape index (κ2) is 14.0. The lowest BCUT2D eigenvalue weighted by Gasteiger charge is -2.34. The van der Waals surface area contributed by atoms with Crippen molar-refractivity contribution in [1.82, 2.24) is 10.2 Å². The Morgan fingerprint density at radius 3 is 2.15 bits per heavy atom. The van der Waals surface area contributed by atoms with Crippen LogP contribution in [0.1, 0.15) is 50.3 Å². The van der Waals surface area contributed by atoms with Crippen LogP contribution in [0.5, 0.6) is 0 Å². The van der Waals surface area contributed by atoms with Crippen LogP contribution in [-0.2, 0) is 26.2 Å². The van der Waals surface area contributed by atoms with Gasteiger partial charge in [0.1, 0.15) is 18.4 Å². The summed E-state index contributed by atoms with van der Waals surface area (Å²) in [6, 6.07) is 15.8. The number of carbonyl (C=O) groups is 2. The van der Waals surface area contributed by atoms with E-state index in [0.29, 0.717) is 34.7 Å². The Bertz CT molecular complexity index is 1460. The molecule has 0 aliphatic rings. The number of nitrogens with one attached hydrogen (secondary N) is 1.